The molecular formula is C29H28BrN3O. The van der Waals surface area contributed by atoms with E-state index in [1.54, 1.807) is 0 Å². The fraction of sp³-hybridized carbons (Fsp3) is 0.207. The Hall–Kier alpha value is -3.15. The van der Waals surface area contributed by atoms with Crippen LogP contribution in [0.15, 0.2) is 89.5 Å². The van der Waals surface area contributed by atoms with Crippen LogP contribution in [0.4, 0.5) is 0 Å². The maximum atomic E-state index is 6.21. The van der Waals surface area contributed by atoms with Crippen LogP contribution in [0.1, 0.15) is 12.0 Å². The topological polar surface area (TPSA) is 30.3 Å². The Morgan fingerprint density at radius 2 is 1.68 bits per heavy atom. The molecule has 0 saturated carbocycles. The normalized spacial score (nSPS) is 11.5. The Kier molecular flexibility index (Phi) is 6.66. The van der Waals surface area contributed by atoms with Crippen LogP contribution in [0.3, 0.4) is 0 Å². The first-order valence-corrected chi connectivity index (χ1v) is 12.4. The molecule has 0 amide bonds. The molecule has 4 nitrogen and oxygen atoms in total. The second-order valence-electron chi connectivity index (χ2n) is 8.87. The van der Waals surface area contributed by atoms with E-state index in [0.29, 0.717) is 6.61 Å². The fourth-order valence-corrected chi connectivity index (χ4v) is 4.89. The van der Waals surface area contributed by atoms with Gasteiger partial charge in [0.15, 0.2) is 0 Å². The van der Waals surface area contributed by atoms with Gasteiger partial charge in [0.05, 0.1) is 5.52 Å². The lowest BCUT2D eigenvalue weighted by atomic mass is 9.97. The molecule has 5 aromatic rings. The van der Waals surface area contributed by atoms with Gasteiger partial charge < -0.3 is 9.64 Å². The van der Waals surface area contributed by atoms with Crippen molar-refractivity contribution in [3.63, 3.8) is 0 Å². The second kappa shape index (κ2) is 10.00. The quantitative estimate of drug-likeness (QED) is 0.220. The fourth-order valence-electron chi connectivity index (χ4n) is 4.30. The lowest BCUT2D eigenvalue weighted by Crippen LogP contribution is -2.15. The number of aryl methyl sites for hydroxylation is 1. The summed E-state index contributed by atoms with van der Waals surface area (Å²) in [6.45, 7) is 2.46. The maximum absolute atomic E-state index is 6.21. The highest BCUT2D eigenvalue weighted by Crippen LogP contribution is 2.36. The molecule has 0 saturated heterocycles. The van der Waals surface area contributed by atoms with E-state index in [2.05, 4.69) is 106 Å². The van der Waals surface area contributed by atoms with Gasteiger partial charge in [-0.15, -0.1) is 0 Å². The molecule has 0 aliphatic rings. The minimum Gasteiger partial charge on any atom is -0.489 e. The average Bonchev–Trinajstić information content (AvgIpc) is 3.17. The molecule has 0 radical (unpaired) electrons. The van der Waals surface area contributed by atoms with Crippen molar-refractivity contribution in [1.82, 2.24) is 14.7 Å². The van der Waals surface area contributed by atoms with E-state index in [-0.39, 0.29) is 0 Å². The molecule has 0 N–H and O–H groups in total. The molecule has 0 fully saturated rings. The zero-order chi connectivity index (χ0) is 23.5. The van der Waals surface area contributed by atoms with Gasteiger partial charge in [-0.25, -0.2) is 0 Å². The van der Waals surface area contributed by atoms with E-state index in [4.69, 9.17) is 9.84 Å². The van der Waals surface area contributed by atoms with Crippen LogP contribution in [-0.2, 0) is 13.2 Å². The number of hydrogen-bond acceptors (Lipinski definition) is 3. The number of ether oxygens (including phenoxy) is 1. The number of nitrogens with zero attached hydrogens (tertiary/aromatic N) is 3. The van der Waals surface area contributed by atoms with Crippen molar-refractivity contribution in [1.29, 1.82) is 0 Å². The molecule has 4 aromatic carbocycles. The first kappa shape index (κ1) is 22.6. The molecular weight excluding hydrogens is 486 g/mol. The van der Waals surface area contributed by atoms with Gasteiger partial charge in [0.2, 0.25) is 0 Å². The number of fused-ring (bicyclic) bond motifs is 2. The zero-order valence-corrected chi connectivity index (χ0v) is 21.1. The summed E-state index contributed by atoms with van der Waals surface area (Å²) in [5.74, 6) is 0.869. The Balaban J connectivity index is 1.50. The Bertz CT molecular complexity index is 1430. The Morgan fingerprint density at radius 1 is 0.882 bits per heavy atom. The third-order valence-electron chi connectivity index (χ3n) is 6.04. The number of rotatable bonds is 8. The first-order chi connectivity index (χ1) is 16.6. The van der Waals surface area contributed by atoms with E-state index in [9.17, 15) is 0 Å². The van der Waals surface area contributed by atoms with Gasteiger partial charge in [-0.3, -0.25) is 4.68 Å². The lowest BCUT2D eigenvalue weighted by Gasteiger charge is -2.12. The van der Waals surface area contributed by atoms with Gasteiger partial charge in [0.1, 0.15) is 17.0 Å². The van der Waals surface area contributed by atoms with Crippen LogP contribution >= 0.6 is 15.9 Å². The van der Waals surface area contributed by atoms with Gasteiger partial charge in [0, 0.05) is 11.9 Å². The van der Waals surface area contributed by atoms with Gasteiger partial charge in [0.25, 0.3) is 0 Å². The van der Waals surface area contributed by atoms with Crippen LogP contribution in [-0.4, -0.2) is 35.3 Å². The summed E-state index contributed by atoms with van der Waals surface area (Å²) in [6.07, 6.45) is 1.05. The summed E-state index contributed by atoms with van der Waals surface area (Å²) in [5.41, 5.74) is 4.44. The highest BCUT2D eigenvalue weighted by atomic mass is 79.9. The highest BCUT2D eigenvalue weighted by molar-refractivity contribution is 9.10. The predicted octanol–water partition coefficient (Wildman–Crippen LogP) is 7.15. The smallest absolute Gasteiger partial charge is 0.121 e. The van der Waals surface area contributed by atoms with Crippen LogP contribution in [0, 0.1) is 0 Å². The van der Waals surface area contributed by atoms with Gasteiger partial charge in [-0.05, 0) is 94.7 Å². The van der Waals surface area contributed by atoms with Crippen molar-refractivity contribution < 1.29 is 4.74 Å². The lowest BCUT2D eigenvalue weighted by molar-refractivity contribution is 0.307. The van der Waals surface area contributed by atoms with Crippen LogP contribution in [0.25, 0.3) is 32.8 Å². The SMILES string of the molecule is CN(C)CCCn1nc2cc(-c3cc(OCc4ccccc4)cc4ccccc34)ccc2c1Br. The molecule has 1 aromatic heterocycles. The second-order valence-corrected chi connectivity index (χ2v) is 9.62. The number of halogens is 1. The summed E-state index contributed by atoms with van der Waals surface area (Å²) in [5, 5.41) is 8.40. The van der Waals surface area contributed by atoms with Crippen LogP contribution in [0.2, 0.25) is 0 Å². The summed E-state index contributed by atoms with van der Waals surface area (Å²) < 4.78 is 9.31. The Morgan fingerprint density at radius 3 is 2.50 bits per heavy atom. The maximum Gasteiger partial charge on any atom is 0.121 e. The van der Waals surface area contributed by atoms with Crippen molar-refractivity contribution in [2.75, 3.05) is 20.6 Å². The first-order valence-electron chi connectivity index (χ1n) is 11.6. The summed E-state index contributed by atoms with van der Waals surface area (Å²) in [7, 11) is 4.20. The molecule has 1 heterocycles. The molecule has 5 heteroatoms. The monoisotopic (exact) mass is 513 g/mol. The van der Waals surface area contributed by atoms with E-state index in [0.717, 1.165) is 57.5 Å². The number of hydrogen-bond donors (Lipinski definition) is 0. The third-order valence-corrected chi connectivity index (χ3v) is 6.88. The molecule has 0 aliphatic carbocycles. The van der Waals surface area contributed by atoms with E-state index in [1.807, 2.05) is 18.2 Å². The van der Waals surface area contributed by atoms with Gasteiger partial charge in [-0.1, -0.05) is 60.7 Å². The molecule has 0 bridgehead atoms. The molecule has 5 rings (SSSR count). The average molecular weight is 514 g/mol. The van der Waals surface area contributed by atoms with Crippen molar-refractivity contribution in [3.05, 3.63) is 95.1 Å². The van der Waals surface area contributed by atoms with E-state index >= 15 is 0 Å². The van der Waals surface area contributed by atoms with Crippen molar-refractivity contribution in [3.8, 4) is 16.9 Å². The van der Waals surface area contributed by atoms with Crippen molar-refractivity contribution >= 4 is 37.6 Å². The Labute approximate surface area is 208 Å². The van der Waals surface area contributed by atoms with Gasteiger partial charge >= 0.3 is 0 Å². The van der Waals surface area contributed by atoms with Crippen LogP contribution in [0.5, 0.6) is 5.75 Å². The summed E-state index contributed by atoms with van der Waals surface area (Å²) in [4.78, 5) is 2.20. The highest BCUT2D eigenvalue weighted by Gasteiger charge is 2.13. The standard InChI is InChI=1S/C29H28BrN3O/c1-32(2)15-8-16-33-29(30)26-14-13-23(18-28(26)31-33)27-19-24(17-22-11-6-7-12-25(22)27)34-20-21-9-4-3-5-10-21/h3-7,9-14,17-19H,8,15-16,20H2,1-2H3. The van der Waals surface area contributed by atoms with Gasteiger partial charge in [-0.2, -0.15) is 5.10 Å². The van der Waals surface area contributed by atoms with Crippen LogP contribution < -0.4 is 4.74 Å². The van der Waals surface area contributed by atoms with Crippen molar-refractivity contribution in [2.45, 2.75) is 19.6 Å². The predicted molar refractivity (Wildman–Crippen MR) is 144 cm³/mol. The van der Waals surface area contributed by atoms with E-state index < -0.39 is 0 Å². The molecule has 0 atom stereocenters. The molecule has 172 valence electrons. The minimum atomic E-state index is 0.544. The largest absolute Gasteiger partial charge is 0.489 e. The third kappa shape index (κ3) is 4.86. The molecule has 0 spiro atoms. The summed E-state index contributed by atoms with van der Waals surface area (Å²) >= 11 is 3.76. The molecule has 0 aliphatic heterocycles. The van der Waals surface area contributed by atoms with E-state index in [1.165, 1.54) is 10.8 Å². The zero-order valence-electron chi connectivity index (χ0n) is 19.5. The number of benzene rings is 4. The molecule has 34 heavy (non-hydrogen) atoms. The number of aromatic nitrogens is 2. The minimum absolute atomic E-state index is 0.544. The summed E-state index contributed by atoms with van der Waals surface area (Å²) in [6, 6.07) is 29.5. The van der Waals surface area contributed by atoms with Crippen molar-refractivity contribution in [2.24, 2.45) is 0 Å². The molecule has 0 unspecified atom stereocenters.